The van der Waals surface area contributed by atoms with E-state index in [1.54, 1.807) is 17.7 Å². The van der Waals surface area contributed by atoms with Crippen LogP contribution in [0, 0.1) is 0 Å². The zero-order valence-corrected chi connectivity index (χ0v) is 27.6. The minimum Gasteiger partial charge on any atom is -0.404 e. The Balaban J connectivity index is 1.12. The summed E-state index contributed by atoms with van der Waals surface area (Å²) in [5.41, 5.74) is 0.447. The number of sulfonamides is 2. The molecule has 4 heterocycles. The molecule has 2 aromatic rings. The zero-order valence-electron chi connectivity index (χ0n) is 26.0. The lowest BCUT2D eigenvalue weighted by Crippen LogP contribution is -2.51. The fourth-order valence-corrected chi connectivity index (χ4v) is 9.56. The quantitative estimate of drug-likeness (QED) is 0.414. The highest BCUT2D eigenvalue weighted by atomic mass is 32.2. The average Bonchev–Trinajstić information content (AvgIpc) is 3.19. The van der Waals surface area contributed by atoms with Crippen LogP contribution in [-0.4, -0.2) is 104 Å². The molecule has 1 amide bonds. The summed E-state index contributed by atoms with van der Waals surface area (Å²) >= 11 is 0. The van der Waals surface area contributed by atoms with Gasteiger partial charge in [0.2, 0.25) is 20.0 Å². The molecule has 12 nitrogen and oxygen atoms in total. The van der Waals surface area contributed by atoms with E-state index in [9.17, 15) is 26.4 Å². The molecule has 0 aliphatic carbocycles. The summed E-state index contributed by atoms with van der Waals surface area (Å²) in [7, 11) is -5.13. The van der Waals surface area contributed by atoms with Gasteiger partial charge in [0, 0.05) is 55.7 Å². The Morgan fingerprint density at radius 3 is 2.30 bits per heavy atom. The minimum atomic E-state index is -3.47. The number of ether oxygens (including phenoxy) is 1. The van der Waals surface area contributed by atoms with Crippen molar-refractivity contribution in [2.24, 2.45) is 0 Å². The van der Waals surface area contributed by atoms with Gasteiger partial charge in [0.25, 0.3) is 5.56 Å². The fourth-order valence-electron chi connectivity index (χ4n) is 7.24. The third kappa shape index (κ3) is 7.14. The first-order chi connectivity index (χ1) is 20.7. The molecule has 3 fully saturated rings. The number of amides is 1. The molecule has 2 bridgehead atoms. The summed E-state index contributed by atoms with van der Waals surface area (Å²) in [5.74, 6) is 0.0433. The predicted octanol–water partition coefficient (Wildman–Crippen LogP) is 2.74. The summed E-state index contributed by atoms with van der Waals surface area (Å²) in [6.45, 7) is 5.17. The topological polar surface area (TPSA) is 138 Å². The normalized spacial score (nSPS) is 23.9. The number of fused-ring (bicyclic) bond motifs is 3. The molecule has 44 heavy (non-hydrogen) atoms. The number of carbonyl (C=O) groups excluding carboxylic acids is 1. The van der Waals surface area contributed by atoms with E-state index in [2.05, 4.69) is 10.2 Å². The van der Waals surface area contributed by atoms with Crippen LogP contribution in [0.3, 0.4) is 0 Å². The number of rotatable bonds is 10. The van der Waals surface area contributed by atoms with Crippen LogP contribution in [0.2, 0.25) is 0 Å². The molecular formula is C30H45N5O7S2. The van der Waals surface area contributed by atoms with Crippen molar-refractivity contribution in [2.75, 3.05) is 38.7 Å². The monoisotopic (exact) mass is 651 g/mol. The lowest BCUT2D eigenvalue weighted by Gasteiger charge is -2.39. The third-order valence-electron chi connectivity index (χ3n) is 9.50. The number of aromatic nitrogens is 1. The number of pyridine rings is 1. The lowest BCUT2D eigenvalue weighted by atomic mass is 9.97. The van der Waals surface area contributed by atoms with Crippen LogP contribution in [0.1, 0.15) is 64.8 Å². The Labute approximate surface area is 260 Å². The van der Waals surface area contributed by atoms with Gasteiger partial charge in [-0.1, -0.05) is 18.2 Å². The number of carbonyl (C=O) groups is 1. The van der Waals surface area contributed by atoms with Crippen molar-refractivity contribution < 1.29 is 26.4 Å². The van der Waals surface area contributed by atoms with Crippen molar-refractivity contribution in [1.82, 2.24) is 23.4 Å². The summed E-state index contributed by atoms with van der Waals surface area (Å²) < 4.78 is 59.8. The highest BCUT2D eigenvalue weighted by Crippen LogP contribution is 2.36. The van der Waals surface area contributed by atoms with E-state index < -0.39 is 26.1 Å². The molecule has 244 valence electrons. The summed E-state index contributed by atoms with van der Waals surface area (Å²) in [4.78, 5) is 28.4. The number of hydrogen-bond donors (Lipinski definition) is 1. The maximum absolute atomic E-state index is 13.1. The molecule has 1 N–H and O–H groups in total. The summed E-state index contributed by atoms with van der Waals surface area (Å²) in [5, 5.41) is 3.80. The molecule has 0 spiro atoms. The van der Waals surface area contributed by atoms with Crippen LogP contribution >= 0.6 is 0 Å². The van der Waals surface area contributed by atoms with Gasteiger partial charge in [-0.2, -0.15) is 0 Å². The largest absolute Gasteiger partial charge is 0.413 e. The number of para-hydroxylation sites is 1. The maximum atomic E-state index is 13.1. The van der Waals surface area contributed by atoms with Crippen LogP contribution in [0.15, 0.2) is 35.1 Å². The number of hydrogen-bond acceptors (Lipinski definition) is 8. The molecular weight excluding hydrogens is 606 g/mol. The van der Waals surface area contributed by atoms with E-state index in [0.29, 0.717) is 38.9 Å². The lowest BCUT2D eigenvalue weighted by molar-refractivity contribution is 0.114. The van der Waals surface area contributed by atoms with Gasteiger partial charge in [-0.25, -0.2) is 30.2 Å². The van der Waals surface area contributed by atoms with Crippen molar-refractivity contribution >= 4 is 37.0 Å². The van der Waals surface area contributed by atoms with Crippen LogP contribution in [-0.2, 0) is 20.0 Å². The van der Waals surface area contributed by atoms with Gasteiger partial charge in [0.15, 0.2) is 5.75 Å². The highest BCUT2D eigenvalue weighted by Gasteiger charge is 2.41. The second kappa shape index (κ2) is 13.1. The first-order valence-electron chi connectivity index (χ1n) is 15.5. The maximum Gasteiger partial charge on any atom is 0.413 e. The molecule has 0 radical (unpaired) electrons. The summed E-state index contributed by atoms with van der Waals surface area (Å²) in [6.07, 6.45) is 5.50. The van der Waals surface area contributed by atoms with Crippen LogP contribution < -0.4 is 15.6 Å². The Hall–Kier alpha value is -2.52. The molecule has 0 saturated carbocycles. The Morgan fingerprint density at radius 2 is 1.68 bits per heavy atom. The molecule has 1 aromatic carbocycles. The van der Waals surface area contributed by atoms with Crippen molar-refractivity contribution in [1.29, 1.82) is 0 Å². The minimum absolute atomic E-state index is 0.00225. The predicted molar refractivity (Wildman–Crippen MR) is 170 cm³/mol. The van der Waals surface area contributed by atoms with Gasteiger partial charge >= 0.3 is 6.09 Å². The van der Waals surface area contributed by atoms with Crippen molar-refractivity contribution in [3.8, 4) is 5.75 Å². The number of piperidine rings is 2. The molecule has 3 aliphatic heterocycles. The van der Waals surface area contributed by atoms with Gasteiger partial charge in [0.05, 0.1) is 17.5 Å². The van der Waals surface area contributed by atoms with Crippen molar-refractivity contribution in [3.63, 3.8) is 0 Å². The summed E-state index contributed by atoms with van der Waals surface area (Å²) in [6, 6.07) is 9.25. The first kappa shape index (κ1) is 32.9. The standard InChI is InChI=1S/C30H45N5O7S2/c1-21(2)35-27-9-6-5-8-22(27)18-28(29(35)36)42-30(37)31-23-19-25-10-11-26(20-23)34(25)14-7-17-44(40,41)32(3)24-12-15-33(16-13-24)43(4,38)39/h5-6,8-9,18,21,23-26H,7,10-17,19-20H2,1-4H3,(H,31,37)/t23?,25-,26?/m0/s1. The first-order valence-corrected chi connectivity index (χ1v) is 19.0. The fraction of sp³-hybridized carbons (Fsp3) is 0.667. The van der Waals surface area contributed by atoms with Gasteiger partial charge in [-0.15, -0.1) is 0 Å². The third-order valence-corrected chi connectivity index (χ3v) is 12.8. The molecule has 3 aliphatic rings. The van der Waals surface area contributed by atoms with E-state index in [-0.39, 0.29) is 47.3 Å². The van der Waals surface area contributed by atoms with Gasteiger partial charge < -0.3 is 14.6 Å². The van der Waals surface area contributed by atoms with E-state index in [1.807, 2.05) is 38.1 Å². The number of nitrogens with zero attached hydrogens (tertiary/aromatic N) is 4. The molecule has 3 atom stereocenters. The van der Waals surface area contributed by atoms with Crippen LogP contribution in [0.25, 0.3) is 10.9 Å². The Kier molecular flexibility index (Phi) is 9.76. The molecule has 5 rings (SSSR count). The zero-order chi connectivity index (χ0) is 31.8. The van der Waals surface area contributed by atoms with E-state index >= 15 is 0 Å². The SMILES string of the molecule is CC(C)n1c(=O)c(OC(=O)NC2CC3CC[C@@H](C2)N3CCCS(=O)(=O)N(C)C2CCN(S(C)(=O)=O)CC2)cc2ccccc21. The van der Waals surface area contributed by atoms with E-state index in [4.69, 9.17) is 4.74 Å². The van der Waals surface area contributed by atoms with E-state index in [0.717, 1.165) is 36.6 Å². The van der Waals surface area contributed by atoms with Crippen molar-refractivity contribution in [3.05, 3.63) is 40.7 Å². The molecule has 14 heteroatoms. The smallest absolute Gasteiger partial charge is 0.404 e. The van der Waals surface area contributed by atoms with Gasteiger partial charge in [-0.05, 0) is 77.5 Å². The molecule has 1 aromatic heterocycles. The molecule has 3 saturated heterocycles. The van der Waals surface area contributed by atoms with Crippen molar-refractivity contribution in [2.45, 2.75) is 89.0 Å². The van der Waals surface area contributed by atoms with E-state index in [1.165, 1.54) is 14.9 Å². The van der Waals surface area contributed by atoms with Crippen LogP contribution in [0.4, 0.5) is 4.79 Å². The highest BCUT2D eigenvalue weighted by molar-refractivity contribution is 7.89. The Morgan fingerprint density at radius 1 is 1.05 bits per heavy atom. The number of benzene rings is 1. The van der Waals surface area contributed by atoms with Gasteiger partial charge in [0.1, 0.15) is 0 Å². The second-order valence-electron chi connectivity index (χ2n) is 12.7. The van der Waals surface area contributed by atoms with Gasteiger partial charge in [-0.3, -0.25) is 9.69 Å². The second-order valence-corrected chi connectivity index (χ2v) is 16.9. The van der Waals surface area contributed by atoms with Crippen LogP contribution in [0.5, 0.6) is 5.75 Å². The average molecular weight is 652 g/mol. The molecule has 2 unspecified atom stereocenters. The number of nitrogens with one attached hydrogen (secondary N) is 1. The Bertz CT molecular complexity index is 1620.